The van der Waals surface area contributed by atoms with E-state index in [1.165, 1.54) is 20.9 Å². The highest BCUT2D eigenvalue weighted by Gasteiger charge is 2.36. The molecule has 0 aliphatic heterocycles. The molecule has 1 amide bonds. The normalized spacial score (nSPS) is 11.2. The molecular formula is C12H13F2NO3. The number of carbonyl (C=O) groups excluding carboxylic acids is 1. The first-order valence-electron chi connectivity index (χ1n) is 5.14. The second-order valence-electron chi connectivity index (χ2n) is 4.35. The van der Waals surface area contributed by atoms with Crippen molar-refractivity contribution in [2.75, 3.05) is 7.05 Å². The molecule has 0 saturated heterocycles. The summed E-state index contributed by atoms with van der Waals surface area (Å²) in [6, 6.07) is 2.51. The minimum absolute atomic E-state index is 0.367. The van der Waals surface area contributed by atoms with Crippen LogP contribution in [0.4, 0.5) is 8.78 Å². The van der Waals surface area contributed by atoms with Crippen molar-refractivity contribution < 1.29 is 23.5 Å². The fourth-order valence-electron chi connectivity index (χ4n) is 1.24. The summed E-state index contributed by atoms with van der Waals surface area (Å²) in [5.41, 5.74) is -1.86. The van der Waals surface area contributed by atoms with Crippen LogP contribution in [0.1, 0.15) is 24.2 Å². The van der Waals surface area contributed by atoms with Crippen LogP contribution in [-0.4, -0.2) is 34.5 Å². The molecule has 0 aromatic heterocycles. The first-order valence-corrected chi connectivity index (χ1v) is 5.14. The van der Waals surface area contributed by atoms with Gasteiger partial charge in [0.15, 0.2) is 0 Å². The highest BCUT2D eigenvalue weighted by Crippen LogP contribution is 2.18. The molecule has 0 aliphatic rings. The minimum atomic E-state index is -1.49. The molecule has 18 heavy (non-hydrogen) atoms. The number of carbonyl (C=O) groups is 2. The number of carboxylic acid groups (broad SMARTS) is 1. The van der Waals surface area contributed by atoms with Crippen molar-refractivity contribution in [3.8, 4) is 0 Å². The Hall–Kier alpha value is -1.98. The quantitative estimate of drug-likeness (QED) is 0.899. The molecule has 1 aromatic rings. The minimum Gasteiger partial charge on any atom is -0.480 e. The number of hydrogen-bond donors (Lipinski definition) is 1. The lowest BCUT2D eigenvalue weighted by atomic mass is 10.0. The molecule has 0 spiro atoms. The van der Waals surface area contributed by atoms with Crippen LogP contribution in [-0.2, 0) is 4.79 Å². The average Bonchev–Trinajstić information content (AvgIpc) is 2.26. The summed E-state index contributed by atoms with van der Waals surface area (Å²) in [7, 11) is 1.25. The zero-order valence-electron chi connectivity index (χ0n) is 10.2. The number of rotatable bonds is 3. The Bertz CT molecular complexity index is 500. The van der Waals surface area contributed by atoms with E-state index in [0.717, 1.165) is 17.0 Å². The molecule has 0 radical (unpaired) electrons. The van der Waals surface area contributed by atoms with Crippen molar-refractivity contribution >= 4 is 11.9 Å². The molecule has 6 heteroatoms. The third-order valence-electron chi connectivity index (χ3n) is 2.83. The lowest BCUT2D eigenvalue weighted by molar-refractivity contribution is -0.147. The Labute approximate surface area is 103 Å². The molecule has 0 fully saturated rings. The van der Waals surface area contributed by atoms with Crippen LogP contribution in [0.15, 0.2) is 18.2 Å². The van der Waals surface area contributed by atoms with Crippen molar-refractivity contribution in [1.82, 2.24) is 4.90 Å². The standard InChI is InChI=1S/C12H13F2NO3/c1-12(2,11(17)18)15(3)10(16)8-5-4-7(13)6-9(8)14/h4-6H,1-3H3,(H,17,18). The van der Waals surface area contributed by atoms with Crippen molar-refractivity contribution in [1.29, 1.82) is 0 Å². The molecule has 0 saturated carbocycles. The van der Waals surface area contributed by atoms with E-state index >= 15 is 0 Å². The average molecular weight is 257 g/mol. The zero-order valence-corrected chi connectivity index (χ0v) is 10.2. The summed E-state index contributed by atoms with van der Waals surface area (Å²) in [4.78, 5) is 23.8. The van der Waals surface area contributed by atoms with Gasteiger partial charge in [-0.15, -0.1) is 0 Å². The number of amides is 1. The first kappa shape index (κ1) is 14.1. The molecule has 1 aromatic carbocycles. The zero-order chi connectivity index (χ0) is 14.1. The summed E-state index contributed by atoms with van der Waals surface area (Å²) in [5, 5.41) is 8.97. The van der Waals surface area contributed by atoms with Crippen LogP contribution < -0.4 is 0 Å². The molecule has 98 valence electrons. The number of halogens is 2. The van der Waals surface area contributed by atoms with Crippen LogP contribution in [0.25, 0.3) is 0 Å². The SMILES string of the molecule is CN(C(=O)c1ccc(F)cc1F)C(C)(C)C(=O)O. The smallest absolute Gasteiger partial charge is 0.329 e. The van der Waals surface area contributed by atoms with Gasteiger partial charge in [0, 0.05) is 13.1 Å². The van der Waals surface area contributed by atoms with Crippen molar-refractivity contribution in [2.45, 2.75) is 19.4 Å². The van der Waals surface area contributed by atoms with Crippen molar-refractivity contribution in [2.24, 2.45) is 0 Å². The Morgan fingerprint density at radius 2 is 1.83 bits per heavy atom. The number of hydrogen-bond acceptors (Lipinski definition) is 2. The largest absolute Gasteiger partial charge is 0.480 e. The topological polar surface area (TPSA) is 57.6 Å². The van der Waals surface area contributed by atoms with Crippen LogP contribution in [0.2, 0.25) is 0 Å². The third kappa shape index (κ3) is 2.47. The molecule has 0 heterocycles. The van der Waals surface area contributed by atoms with Gasteiger partial charge in [-0.2, -0.15) is 0 Å². The second kappa shape index (κ2) is 4.72. The third-order valence-corrected chi connectivity index (χ3v) is 2.83. The van der Waals surface area contributed by atoms with E-state index in [4.69, 9.17) is 5.11 Å². The van der Waals surface area contributed by atoms with Crippen LogP contribution >= 0.6 is 0 Å². The van der Waals surface area contributed by atoms with E-state index in [2.05, 4.69) is 0 Å². The molecule has 0 unspecified atom stereocenters. The summed E-state index contributed by atoms with van der Waals surface area (Å²) < 4.78 is 26.1. The van der Waals surface area contributed by atoms with Gasteiger partial charge in [0.05, 0.1) is 5.56 Å². The van der Waals surface area contributed by atoms with Gasteiger partial charge in [-0.3, -0.25) is 4.79 Å². The van der Waals surface area contributed by atoms with Gasteiger partial charge in [0.2, 0.25) is 0 Å². The number of aliphatic carboxylic acids is 1. The summed E-state index contributed by atoms with van der Waals surface area (Å²) in [6.07, 6.45) is 0. The number of nitrogens with zero attached hydrogens (tertiary/aromatic N) is 1. The van der Waals surface area contributed by atoms with E-state index in [0.29, 0.717) is 6.07 Å². The fraction of sp³-hybridized carbons (Fsp3) is 0.333. The van der Waals surface area contributed by atoms with Gasteiger partial charge < -0.3 is 10.0 Å². The van der Waals surface area contributed by atoms with Gasteiger partial charge in [-0.25, -0.2) is 13.6 Å². The summed E-state index contributed by atoms with van der Waals surface area (Å²) in [5.74, 6) is -3.86. The second-order valence-corrected chi connectivity index (χ2v) is 4.35. The van der Waals surface area contributed by atoms with E-state index in [9.17, 15) is 18.4 Å². The van der Waals surface area contributed by atoms with Crippen LogP contribution in [0.3, 0.4) is 0 Å². The van der Waals surface area contributed by atoms with Crippen LogP contribution in [0, 0.1) is 11.6 Å². The van der Waals surface area contributed by atoms with E-state index in [1.54, 1.807) is 0 Å². The monoisotopic (exact) mass is 257 g/mol. The highest BCUT2D eigenvalue weighted by atomic mass is 19.1. The number of likely N-dealkylation sites (N-methyl/N-ethyl adjacent to an activating group) is 1. The van der Waals surface area contributed by atoms with Crippen molar-refractivity contribution in [3.63, 3.8) is 0 Å². The molecule has 1 rings (SSSR count). The molecule has 1 N–H and O–H groups in total. The van der Waals surface area contributed by atoms with Gasteiger partial charge in [-0.05, 0) is 26.0 Å². The Balaban J connectivity index is 3.11. The fourth-order valence-corrected chi connectivity index (χ4v) is 1.24. The van der Waals surface area contributed by atoms with Gasteiger partial charge in [0.25, 0.3) is 5.91 Å². The maximum absolute atomic E-state index is 13.4. The Morgan fingerprint density at radius 3 is 2.28 bits per heavy atom. The summed E-state index contributed by atoms with van der Waals surface area (Å²) in [6.45, 7) is 2.63. The molecule has 0 bridgehead atoms. The number of carboxylic acids is 1. The predicted octanol–water partition coefficient (Wildman–Crippen LogP) is 1.90. The number of benzene rings is 1. The lowest BCUT2D eigenvalue weighted by Gasteiger charge is -2.31. The van der Waals surface area contributed by atoms with E-state index in [1.807, 2.05) is 0 Å². The first-order chi connectivity index (χ1) is 8.17. The van der Waals surface area contributed by atoms with Gasteiger partial charge >= 0.3 is 5.97 Å². The lowest BCUT2D eigenvalue weighted by Crippen LogP contribution is -2.50. The summed E-state index contributed by atoms with van der Waals surface area (Å²) >= 11 is 0. The Morgan fingerprint density at radius 1 is 1.28 bits per heavy atom. The maximum atomic E-state index is 13.4. The Kier molecular flexibility index (Phi) is 3.69. The molecule has 0 aliphatic carbocycles. The molecule has 0 atom stereocenters. The highest BCUT2D eigenvalue weighted by molar-refractivity contribution is 5.97. The van der Waals surface area contributed by atoms with Crippen molar-refractivity contribution in [3.05, 3.63) is 35.4 Å². The van der Waals surface area contributed by atoms with Gasteiger partial charge in [-0.1, -0.05) is 0 Å². The van der Waals surface area contributed by atoms with E-state index < -0.39 is 29.0 Å². The maximum Gasteiger partial charge on any atom is 0.329 e. The van der Waals surface area contributed by atoms with E-state index in [-0.39, 0.29) is 5.56 Å². The molecular weight excluding hydrogens is 244 g/mol. The van der Waals surface area contributed by atoms with Crippen LogP contribution in [0.5, 0.6) is 0 Å². The molecule has 4 nitrogen and oxygen atoms in total. The predicted molar refractivity (Wildman–Crippen MR) is 60.2 cm³/mol. The van der Waals surface area contributed by atoms with Gasteiger partial charge in [0.1, 0.15) is 17.2 Å².